The van der Waals surface area contributed by atoms with Crippen molar-refractivity contribution in [3.63, 3.8) is 0 Å². The molecule has 2 amide bonds. The number of hydrogen-bond acceptors (Lipinski definition) is 1. The first-order valence-electron chi connectivity index (χ1n) is 5.07. The van der Waals surface area contributed by atoms with Crippen molar-refractivity contribution in [1.29, 1.82) is 0 Å². The first-order valence-corrected chi connectivity index (χ1v) is 5.07. The maximum atomic E-state index is 11.4. The second-order valence-corrected chi connectivity index (χ2v) is 2.99. The topological polar surface area (TPSA) is 32.7 Å². The van der Waals surface area contributed by atoms with Crippen LogP contribution in [0.15, 0.2) is 4.99 Å². The molecule has 76 valence electrons. The van der Waals surface area contributed by atoms with E-state index in [1.54, 1.807) is 11.1 Å². The van der Waals surface area contributed by atoms with Crippen LogP contribution in [0.2, 0.25) is 0 Å². The molecule has 0 rings (SSSR count). The molecule has 0 saturated carbocycles. The molecule has 0 unspecified atom stereocenters. The first kappa shape index (κ1) is 12.1. The summed E-state index contributed by atoms with van der Waals surface area (Å²) in [5.74, 6) is 0. The highest BCUT2D eigenvalue weighted by atomic mass is 16.2. The first-order chi connectivity index (χ1) is 6.26. The number of nitrogens with zero attached hydrogens (tertiary/aromatic N) is 2. The third kappa shape index (κ3) is 5.39. The number of carbonyl (C=O) groups is 1. The fourth-order valence-corrected chi connectivity index (χ4v) is 1.09. The van der Waals surface area contributed by atoms with E-state index in [0.29, 0.717) is 0 Å². The van der Waals surface area contributed by atoms with E-state index < -0.39 is 0 Å². The van der Waals surface area contributed by atoms with Gasteiger partial charge in [-0.1, -0.05) is 20.8 Å². The van der Waals surface area contributed by atoms with Crippen LogP contribution >= 0.6 is 0 Å². The fourth-order valence-electron chi connectivity index (χ4n) is 1.09. The molecule has 0 heterocycles. The second-order valence-electron chi connectivity index (χ2n) is 2.99. The van der Waals surface area contributed by atoms with Crippen LogP contribution in [0.5, 0.6) is 0 Å². The lowest BCUT2D eigenvalue weighted by atomic mass is 10.4. The van der Waals surface area contributed by atoms with E-state index in [2.05, 4.69) is 18.8 Å². The van der Waals surface area contributed by atoms with Crippen molar-refractivity contribution < 1.29 is 4.79 Å². The van der Waals surface area contributed by atoms with Gasteiger partial charge in [-0.25, -0.2) is 9.79 Å². The molecule has 3 nitrogen and oxygen atoms in total. The van der Waals surface area contributed by atoms with Crippen molar-refractivity contribution in [2.45, 2.75) is 40.0 Å². The Kier molecular flexibility index (Phi) is 7.26. The highest BCUT2D eigenvalue weighted by molar-refractivity contribution is 5.83. The summed E-state index contributed by atoms with van der Waals surface area (Å²) >= 11 is 0. The van der Waals surface area contributed by atoms with Crippen LogP contribution in [-0.4, -0.2) is 30.2 Å². The largest absolute Gasteiger partial charge is 0.343 e. The molecule has 0 bridgehead atoms. The zero-order chi connectivity index (χ0) is 10.1. The van der Waals surface area contributed by atoms with Crippen LogP contribution in [0.3, 0.4) is 0 Å². The molecule has 0 aromatic heterocycles. The average Bonchev–Trinajstić information content (AvgIpc) is 2.14. The highest BCUT2D eigenvalue weighted by Crippen LogP contribution is 1.97. The lowest BCUT2D eigenvalue weighted by molar-refractivity contribution is 0.208. The van der Waals surface area contributed by atoms with Crippen molar-refractivity contribution in [3.8, 4) is 0 Å². The van der Waals surface area contributed by atoms with Gasteiger partial charge in [0.2, 0.25) is 0 Å². The van der Waals surface area contributed by atoms with E-state index in [4.69, 9.17) is 0 Å². The van der Waals surface area contributed by atoms with E-state index in [1.165, 1.54) is 0 Å². The zero-order valence-electron chi connectivity index (χ0n) is 8.92. The third-order valence-corrected chi connectivity index (χ3v) is 1.64. The predicted octanol–water partition coefficient (Wildman–Crippen LogP) is 2.71. The highest BCUT2D eigenvalue weighted by Gasteiger charge is 2.08. The van der Waals surface area contributed by atoms with Crippen molar-refractivity contribution in [1.82, 2.24) is 4.90 Å². The number of rotatable bonds is 5. The monoisotopic (exact) mass is 184 g/mol. The second kappa shape index (κ2) is 7.77. The average molecular weight is 184 g/mol. The molecule has 0 saturated heterocycles. The molecule has 3 heteroatoms. The van der Waals surface area contributed by atoms with Crippen LogP contribution < -0.4 is 0 Å². The van der Waals surface area contributed by atoms with Gasteiger partial charge >= 0.3 is 6.03 Å². The van der Waals surface area contributed by atoms with Crippen LogP contribution in [0.4, 0.5) is 4.79 Å². The number of amides is 2. The molecule has 0 aliphatic heterocycles. The fraction of sp³-hybridized carbons (Fsp3) is 0.800. The van der Waals surface area contributed by atoms with E-state index in [-0.39, 0.29) is 6.03 Å². The molecule has 13 heavy (non-hydrogen) atoms. The number of urea groups is 1. The number of aliphatic imine (C=N–C) groups is 1. The Morgan fingerprint density at radius 1 is 1.23 bits per heavy atom. The van der Waals surface area contributed by atoms with Gasteiger partial charge in [-0.05, 0) is 19.3 Å². The predicted molar refractivity (Wildman–Crippen MR) is 56.3 cm³/mol. The lowest BCUT2D eigenvalue weighted by Gasteiger charge is -2.18. The summed E-state index contributed by atoms with van der Waals surface area (Å²) in [6.45, 7) is 7.74. The van der Waals surface area contributed by atoms with Gasteiger partial charge < -0.3 is 4.90 Å². The Hall–Kier alpha value is -0.860. The van der Waals surface area contributed by atoms with E-state index in [0.717, 1.165) is 32.4 Å². The van der Waals surface area contributed by atoms with E-state index in [1.807, 2.05) is 6.92 Å². The molecule has 0 aromatic carbocycles. The molecular weight excluding hydrogens is 164 g/mol. The molecule has 0 radical (unpaired) electrons. The van der Waals surface area contributed by atoms with Gasteiger partial charge in [0.1, 0.15) is 0 Å². The summed E-state index contributed by atoms with van der Waals surface area (Å²) in [6, 6.07) is -0.0921. The summed E-state index contributed by atoms with van der Waals surface area (Å²) in [5, 5.41) is 0. The van der Waals surface area contributed by atoms with E-state index in [9.17, 15) is 4.79 Å². The SMILES string of the molecule is CCC=NC(=O)N(CCC)CCC. The zero-order valence-corrected chi connectivity index (χ0v) is 8.92. The molecule has 0 fully saturated rings. The Bertz CT molecular complexity index is 160. The van der Waals surface area contributed by atoms with Gasteiger partial charge in [0, 0.05) is 19.3 Å². The number of hydrogen-bond donors (Lipinski definition) is 0. The minimum atomic E-state index is -0.0921. The Morgan fingerprint density at radius 3 is 2.15 bits per heavy atom. The standard InChI is InChI=1S/C10H20N2O/c1-4-7-11-10(13)12(8-5-2)9-6-3/h7H,4-6,8-9H2,1-3H3. The molecule has 0 atom stereocenters. The summed E-state index contributed by atoms with van der Waals surface area (Å²) in [5.41, 5.74) is 0. The third-order valence-electron chi connectivity index (χ3n) is 1.64. The maximum absolute atomic E-state index is 11.4. The van der Waals surface area contributed by atoms with Crippen molar-refractivity contribution in [3.05, 3.63) is 0 Å². The summed E-state index contributed by atoms with van der Waals surface area (Å²) in [6.07, 6.45) is 4.47. The smallest absolute Gasteiger partial charge is 0.323 e. The molecule has 0 spiro atoms. The Balaban J connectivity index is 4.02. The minimum absolute atomic E-state index is 0.0921. The van der Waals surface area contributed by atoms with Gasteiger partial charge in [0.25, 0.3) is 0 Å². The van der Waals surface area contributed by atoms with Gasteiger partial charge in [0.05, 0.1) is 0 Å². The van der Waals surface area contributed by atoms with Gasteiger partial charge in [-0.15, -0.1) is 0 Å². The molecule has 0 N–H and O–H groups in total. The van der Waals surface area contributed by atoms with Gasteiger partial charge in [-0.3, -0.25) is 0 Å². The summed E-state index contributed by atoms with van der Waals surface area (Å²) in [4.78, 5) is 17.0. The van der Waals surface area contributed by atoms with Crippen LogP contribution in [0, 0.1) is 0 Å². The molecule has 0 aliphatic carbocycles. The molecule has 0 aromatic rings. The normalized spacial score (nSPS) is 10.7. The Morgan fingerprint density at radius 2 is 1.77 bits per heavy atom. The minimum Gasteiger partial charge on any atom is -0.323 e. The Labute approximate surface area is 80.8 Å². The van der Waals surface area contributed by atoms with Crippen molar-refractivity contribution >= 4 is 12.2 Å². The van der Waals surface area contributed by atoms with E-state index >= 15 is 0 Å². The van der Waals surface area contributed by atoms with Crippen molar-refractivity contribution in [2.75, 3.05) is 13.1 Å². The van der Waals surface area contributed by atoms with Crippen molar-refractivity contribution in [2.24, 2.45) is 4.99 Å². The van der Waals surface area contributed by atoms with Crippen LogP contribution in [0.1, 0.15) is 40.0 Å². The molecule has 0 aliphatic rings. The quantitative estimate of drug-likeness (QED) is 0.605. The summed E-state index contributed by atoms with van der Waals surface area (Å²) < 4.78 is 0. The lowest BCUT2D eigenvalue weighted by Crippen LogP contribution is -2.30. The summed E-state index contributed by atoms with van der Waals surface area (Å²) in [7, 11) is 0. The van der Waals surface area contributed by atoms with Gasteiger partial charge in [-0.2, -0.15) is 0 Å². The van der Waals surface area contributed by atoms with Gasteiger partial charge in [0.15, 0.2) is 0 Å². The van der Waals surface area contributed by atoms with Crippen LogP contribution in [0.25, 0.3) is 0 Å². The number of carbonyl (C=O) groups excluding carboxylic acids is 1. The maximum Gasteiger partial charge on any atom is 0.343 e. The molecular formula is C10H20N2O. The van der Waals surface area contributed by atoms with Crippen LogP contribution in [-0.2, 0) is 0 Å².